The molecule has 0 atom stereocenters. The minimum absolute atomic E-state index is 0.0796. The SMILES string of the molecule is CCCCn1c(C)cc(/C=C(\C#N)C(=O)Nc2nccs2)c1C. The number of nitrogens with one attached hydrogen (secondary N) is 1. The van der Waals surface area contributed by atoms with Gasteiger partial charge in [-0.3, -0.25) is 10.1 Å². The van der Waals surface area contributed by atoms with Crippen molar-refractivity contribution in [2.75, 3.05) is 5.32 Å². The van der Waals surface area contributed by atoms with E-state index in [1.54, 1.807) is 17.7 Å². The number of thiazole rings is 1. The number of amides is 1. The van der Waals surface area contributed by atoms with Crippen LogP contribution in [-0.4, -0.2) is 15.5 Å². The number of carbonyl (C=O) groups is 1. The van der Waals surface area contributed by atoms with E-state index in [0.29, 0.717) is 5.13 Å². The molecule has 0 fully saturated rings. The van der Waals surface area contributed by atoms with Gasteiger partial charge in [-0.05, 0) is 38.0 Å². The third-order valence-corrected chi connectivity index (χ3v) is 4.35. The lowest BCUT2D eigenvalue weighted by atomic mass is 10.1. The third-order valence-electron chi connectivity index (χ3n) is 3.67. The monoisotopic (exact) mass is 328 g/mol. The van der Waals surface area contributed by atoms with E-state index in [1.165, 1.54) is 11.3 Å². The predicted molar refractivity (Wildman–Crippen MR) is 93.1 cm³/mol. The summed E-state index contributed by atoms with van der Waals surface area (Å²) in [6.07, 6.45) is 5.49. The van der Waals surface area contributed by atoms with Crippen LogP contribution in [0, 0.1) is 25.2 Å². The molecule has 0 aliphatic rings. The molecule has 0 bridgehead atoms. The van der Waals surface area contributed by atoms with Crippen LogP contribution in [0.5, 0.6) is 0 Å². The summed E-state index contributed by atoms with van der Waals surface area (Å²) in [4.78, 5) is 16.2. The molecule has 2 heterocycles. The first-order valence-electron chi connectivity index (χ1n) is 7.56. The van der Waals surface area contributed by atoms with E-state index in [1.807, 2.05) is 26.0 Å². The predicted octanol–water partition coefficient (Wildman–Crippen LogP) is 3.91. The quantitative estimate of drug-likeness (QED) is 0.645. The Labute approximate surface area is 140 Å². The van der Waals surface area contributed by atoms with Crippen molar-refractivity contribution in [3.8, 4) is 6.07 Å². The van der Waals surface area contributed by atoms with Gasteiger partial charge in [-0.2, -0.15) is 5.26 Å². The van der Waals surface area contributed by atoms with Gasteiger partial charge in [-0.15, -0.1) is 11.3 Å². The van der Waals surface area contributed by atoms with Crippen molar-refractivity contribution in [2.45, 2.75) is 40.2 Å². The highest BCUT2D eigenvalue weighted by molar-refractivity contribution is 7.13. The standard InChI is InChI=1S/C17H20N4OS/c1-4-5-7-21-12(2)9-14(13(21)3)10-15(11-18)16(22)20-17-19-6-8-23-17/h6,8-10H,4-5,7H2,1-3H3,(H,19,20,22)/b15-10+. The van der Waals surface area contributed by atoms with E-state index in [4.69, 9.17) is 0 Å². The van der Waals surface area contributed by atoms with Gasteiger partial charge >= 0.3 is 0 Å². The molecule has 6 heteroatoms. The summed E-state index contributed by atoms with van der Waals surface area (Å²) in [5.41, 5.74) is 3.20. The summed E-state index contributed by atoms with van der Waals surface area (Å²) < 4.78 is 2.23. The molecule has 5 nitrogen and oxygen atoms in total. The number of rotatable bonds is 6. The number of carbonyl (C=O) groups excluding carboxylic acids is 1. The zero-order valence-electron chi connectivity index (χ0n) is 13.6. The van der Waals surface area contributed by atoms with Crippen LogP contribution in [0.1, 0.15) is 36.7 Å². The number of anilines is 1. The van der Waals surface area contributed by atoms with Crippen LogP contribution in [0.3, 0.4) is 0 Å². The number of unbranched alkanes of at least 4 members (excludes halogenated alkanes) is 1. The van der Waals surface area contributed by atoms with Crippen LogP contribution in [0.25, 0.3) is 6.08 Å². The van der Waals surface area contributed by atoms with Gasteiger partial charge in [0, 0.05) is 29.5 Å². The zero-order chi connectivity index (χ0) is 16.8. The molecular weight excluding hydrogens is 308 g/mol. The summed E-state index contributed by atoms with van der Waals surface area (Å²) in [6, 6.07) is 3.99. The molecule has 2 aromatic heterocycles. The number of hydrogen-bond donors (Lipinski definition) is 1. The maximum atomic E-state index is 12.2. The summed E-state index contributed by atoms with van der Waals surface area (Å²) in [5.74, 6) is -0.430. The second-order valence-electron chi connectivity index (χ2n) is 5.29. The van der Waals surface area contributed by atoms with Gasteiger partial charge in [0.2, 0.25) is 0 Å². The van der Waals surface area contributed by atoms with Crippen LogP contribution in [-0.2, 0) is 11.3 Å². The van der Waals surface area contributed by atoms with E-state index >= 15 is 0 Å². The second kappa shape index (κ2) is 7.75. The average molecular weight is 328 g/mol. The van der Waals surface area contributed by atoms with Gasteiger partial charge in [0.1, 0.15) is 11.6 Å². The Morgan fingerprint density at radius 1 is 1.52 bits per heavy atom. The Balaban J connectivity index is 2.24. The van der Waals surface area contributed by atoms with Crippen LogP contribution < -0.4 is 5.32 Å². The molecule has 120 valence electrons. The van der Waals surface area contributed by atoms with E-state index in [2.05, 4.69) is 21.8 Å². The molecule has 0 saturated carbocycles. The molecule has 0 saturated heterocycles. The Hall–Kier alpha value is -2.39. The number of aromatic nitrogens is 2. The lowest BCUT2D eigenvalue weighted by Gasteiger charge is -2.08. The normalized spacial score (nSPS) is 11.3. The first-order chi connectivity index (χ1) is 11.1. The number of hydrogen-bond acceptors (Lipinski definition) is 4. The highest BCUT2D eigenvalue weighted by Gasteiger charge is 2.13. The first kappa shape index (κ1) is 17.0. The summed E-state index contributed by atoms with van der Waals surface area (Å²) in [7, 11) is 0. The van der Waals surface area contributed by atoms with E-state index in [-0.39, 0.29) is 5.57 Å². The fourth-order valence-electron chi connectivity index (χ4n) is 2.39. The smallest absolute Gasteiger partial charge is 0.268 e. The molecule has 1 amide bonds. The Bertz CT molecular complexity index is 750. The van der Waals surface area contributed by atoms with Crippen LogP contribution >= 0.6 is 11.3 Å². The minimum Gasteiger partial charge on any atom is -0.349 e. The van der Waals surface area contributed by atoms with E-state index in [9.17, 15) is 10.1 Å². The molecule has 0 aromatic carbocycles. The number of aryl methyl sites for hydroxylation is 1. The van der Waals surface area contributed by atoms with Crippen LogP contribution in [0.4, 0.5) is 5.13 Å². The first-order valence-corrected chi connectivity index (χ1v) is 8.44. The number of nitrogens with zero attached hydrogens (tertiary/aromatic N) is 3. The maximum absolute atomic E-state index is 12.2. The molecule has 23 heavy (non-hydrogen) atoms. The summed E-state index contributed by atoms with van der Waals surface area (Å²) >= 11 is 1.32. The van der Waals surface area contributed by atoms with Crippen LogP contribution in [0.15, 0.2) is 23.2 Å². The van der Waals surface area contributed by atoms with Gasteiger partial charge in [-0.1, -0.05) is 13.3 Å². The maximum Gasteiger partial charge on any atom is 0.268 e. The molecule has 2 aromatic rings. The Morgan fingerprint density at radius 2 is 2.30 bits per heavy atom. The van der Waals surface area contributed by atoms with Crippen LogP contribution in [0.2, 0.25) is 0 Å². The molecule has 2 rings (SSSR count). The Kier molecular flexibility index (Phi) is 5.72. The molecular formula is C17H20N4OS. The molecule has 0 spiro atoms. The minimum atomic E-state index is -0.430. The molecule has 0 aliphatic heterocycles. The van der Waals surface area contributed by atoms with Crippen molar-refractivity contribution in [1.82, 2.24) is 9.55 Å². The second-order valence-corrected chi connectivity index (χ2v) is 6.19. The lowest BCUT2D eigenvalue weighted by Crippen LogP contribution is -2.13. The Morgan fingerprint density at radius 3 is 2.91 bits per heavy atom. The zero-order valence-corrected chi connectivity index (χ0v) is 14.4. The average Bonchev–Trinajstić information content (AvgIpc) is 3.12. The molecule has 0 radical (unpaired) electrons. The topological polar surface area (TPSA) is 70.7 Å². The summed E-state index contributed by atoms with van der Waals surface area (Å²) in [5, 5.41) is 14.2. The van der Waals surface area contributed by atoms with Crippen molar-refractivity contribution in [1.29, 1.82) is 5.26 Å². The fourth-order valence-corrected chi connectivity index (χ4v) is 2.91. The van der Waals surface area contributed by atoms with Gasteiger partial charge in [0.15, 0.2) is 5.13 Å². The van der Waals surface area contributed by atoms with Crippen molar-refractivity contribution < 1.29 is 4.79 Å². The number of nitriles is 1. The highest BCUT2D eigenvalue weighted by Crippen LogP contribution is 2.20. The van der Waals surface area contributed by atoms with E-state index < -0.39 is 5.91 Å². The van der Waals surface area contributed by atoms with Gasteiger partial charge < -0.3 is 4.57 Å². The van der Waals surface area contributed by atoms with Crippen molar-refractivity contribution in [3.63, 3.8) is 0 Å². The molecule has 0 unspecified atom stereocenters. The molecule has 0 aliphatic carbocycles. The van der Waals surface area contributed by atoms with E-state index in [0.717, 1.165) is 36.3 Å². The largest absolute Gasteiger partial charge is 0.349 e. The molecule has 1 N–H and O–H groups in total. The third kappa shape index (κ3) is 4.08. The fraction of sp³-hybridized carbons (Fsp3) is 0.353. The van der Waals surface area contributed by atoms with Gasteiger partial charge in [0.05, 0.1) is 0 Å². The van der Waals surface area contributed by atoms with Gasteiger partial charge in [0.25, 0.3) is 5.91 Å². The van der Waals surface area contributed by atoms with Crippen molar-refractivity contribution >= 4 is 28.5 Å². The summed E-state index contributed by atoms with van der Waals surface area (Å²) in [6.45, 7) is 7.17. The van der Waals surface area contributed by atoms with Gasteiger partial charge in [-0.25, -0.2) is 4.98 Å². The lowest BCUT2D eigenvalue weighted by molar-refractivity contribution is -0.112. The van der Waals surface area contributed by atoms with Crippen molar-refractivity contribution in [3.05, 3.63) is 40.2 Å². The van der Waals surface area contributed by atoms with Crippen molar-refractivity contribution in [2.24, 2.45) is 0 Å². The highest BCUT2D eigenvalue weighted by atomic mass is 32.1.